The molecule has 0 spiro atoms. The number of benzene rings is 1. The maximum Gasteiger partial charge on any atom is 0.305 e. The zero-order chi connectivity index (χ0) is 25.1. The number of amides is 1. The van der Waals surface area contributed by atoms with Crippen molar-refractivity contribution < 1.29 is 35.9 Å². The summed E-state index contributed by atoms with van der Waals surface area (Å²) in [4.78, 5) is 24.8. The Morgan fingerprint density at radius 1 is 1.15 bits per heavy atom. The van der Waals surface area contributed by atoms with Gasteiger partial charge in [-0.15, -0.1) is 11.3 Å². The first kappa shape index (κ1) is 26.2. The monoisotopic (exact) mass is 533 g/mol. The summed E-state index contributed by atoms with van der Waals surface area (Å²) in [5.41, 5.74) is 0.269. The van der Waals surface area contributed by atoms with Gasteiger partial charge in [0.25, 0.3) is 15.9 Å². The van der Waals surface area contributed by atoms with Crippen LogP contribution in [0.1, 0.15) is 31.4 Å². The minimum absolute atomic E-state index is 0.0549. The van der Waals surface area contributed by atoms with Crippen molar-refractivity contribution in [1.29, 1.82) is 0 Å². The fourth-order valence-corrected chi connectivity index (χ4v) is 8.01. The highest BCUT2D eigenvalue weighted by molar-refractivity contribution is 7.91. The Morgan fingerprint density at radius 2 is 1.79 bits per heavy atom. The van der Waals surface area contributed by atoms with E-state index >= 15 is 0 Å². The SMILES string of the molecule is CCCS(=O)(=O)N1CCN(S(=O)(=O)c2cccs2)C1C(=O)NC(CC(=O)O)c1ccc(F)cc1. The first-order valence-corrected chi connectivity index (χ1v) is 14.2. The molecule has 1 aliphatic heterocycles. The fourth-order valence-electron chi connectivity index (χ4n) is 3.66. The summed E-state index contributed by atoms with van der Waals surface area (Å²) in [5.74, 6) is -3.11. The Hall–Kier alpha value is -2.39. The highest BCUT2D eigenvalue weighted by Gasteiger charge is 2.49. The van der Waals surface area contributed by atoms with Gasteiger partial charge in [-0.1, -0.05) is 25.1 Å². The number of nitrogens with zero attached hydrogens (tertiary/aromatic N) is 2. The molecule has 1 amide bonds. The summed E-state index contributed by atoms with van der Waals surface area (Å²) in [6.45, 7) is 1.16. The first-order valence-electron chi connectivity index (χ1n) is 10.3. The van der Waals surface area contributed by atoms with Crippen molar-refractivity contribution in [2.24, 2.45) is 0 Å². The number of hydrogen-bond acceptors (Lipinski definition) is 7. The van der Waals surface area contributed by atoms with Gasteiger partial charge in [-0.2, -0.15) is 8.61 Å². The molecule has 34 heavy (non-hydrogen) atoms. The molecule has 2 atom stereocenters. The average molecular weight is 534 g/mol. The number of thiophene rings is 1. The van der Waals surface area contributed by atoms with E-state index in [1.54, 1.807) is 12.3 Å². The number of carbonyl (C=O) groups is 2. The van der Waals surface area contributed by atoms with Crippen molar-refractivity contribution in [1.82, 2.24) is 13.9 Å². The van der Waals surface area contributed by atoms with E-state index in [-0.39, 0.29) is 35.0 Å². The van der Waals surface area contributed by atoms with Crippen molar-refractivity contribution in [3.63, 3.8) is 0 Å². The number of sulfonamides is 2. The standard InChI is InChI=1S/C20H24FN3O7S3/c1-2-12-33(28,29)23-9-10-24(34(30,31)18-4-3-11-32-18)20(23)19(27)22-16(13-17(25)26)14-5-7-15(21)8-6-14/h3-8,11,16,20H,2,9-10,12-13H2,1H3,(H,22,27)(H,25,26). The van der Waals surface area contributed by atoms with Crippen LogP contribution in [0.4, 0.5) is 4.39 Å². The molecular formula is C20H24FN3O7S3. The Bertz CT molecular complexity index is 1230. The van der Waals surface area contributed by atoms with E-state index < -0.39 is 56.4 Å². The second-order valence-corrected chi connectivity index (χ2v) is 12.7. The van der Waals surface area contributed by atoms with Crippen LogP contribution in [-0.4, -0.2) is 67.4 Å². The molecule has 1 fully saturated rings. The summed E-state index contributed by atoms with van der Waals surface area (Å²) >= 11 is 0.927. The van der Waals surface area contributed by atoms with Crippen LogP contribution in [0.15, 0.2) is 46.0 Å². The molecule has 1 aliphatic rings. The number of halogens is 1. The van der Waals surface area contributed by atoms with Crippen molar-refractivity contribution in [3.8, 4) is 0 Å². The second-order valence-electron chi connectivity index (χ2n) is 7.56. The zero-order valence-corrected chi connectivity index (χ0v) is 20.6. The van der Waals surface area contributed by atoms with Gasteiger partial charge in [0.2, 0.25) is 10.0 Å². The summed E-state index contributed by atoms with van der Waals surface area (Å²) < 4.78 is 67.1. The number of aliphatic carboxylic acids is 1. The summed E-state index contributed by atoms with van der Waals surface area (Å²) in [7, 11) is -8.20. The zero-order valence-electron chi connectivity index (χ0n) is 18.1. The van der Waals surface area contributed by atoms with Crippen LogP contribution in [0, 0.1) is 5.82 Å². The molecule has 1 aromatic heterocycles. The predicted molar refractivity (Wildman–Crippen MR) is 122 cm³/mol. The van der Waals surface area contributed by atoms with E-state index in [4.69, 9.17) is 0 Å². The quantitative estimate of drug-likeness (QED) is 0.472. The highest BCUT2D eigenvalue weighted by atomic mass is 32.2. The third kappa shape index (κ3) is 5.63. The Kier molecular flexibility index (Phi) is 8.08. The molecule has 0 aliphatic carbocycles. The minimum Gasteiger partial charge on any atom is -0.481 e. The number of carbonyl (C=O) groups excluding carboxylic acids is 1. The van der Waals surface area contributed by atoms with Crippen LogP contribution in [-0.2, 0) is 29.6 Å². The maximum absolute atomic E-state index is 13.4. The normalized spacial score (nSPS) is 18.6. The van der Waals surface area contributed by atoms with Gasteiger partial charge in [0, 0.05) is 13.1 Å². The average Bonchev–Trinajstić information content (AvgIpc) is 3.44. The number of carboxylic acid groups (broad SMARTS) is 1. The number of hydrogen-bond donors (Lipinski definition) is 2. The van der Waals surface area contributed by atoms with Crippen molar-refractivity contribution in [2.45, 2.75) is 36.2 Å². The first-order chi connectivity index (χ1) is 16.0. The molecule has 186 valence electrons. The highest BCUT2D eigenvalue weighted by Crippen LogP contribution is 2.30. The summed E-state index contributed by atoms with van der Waals surface area (Å²) in [5, 5.41) is 13.3. The van der Waals surface area contributed by atoms with E-state index in [1.165, 1.54) is 24.3 Å². The van der Waals surface area contributed by atoms with Gasteiger partial charge >= 0.3 is 5.97 Å². The molecule has 3 rings (SSSR count). The van der Waals surface area contributed by atoms with Gasteiger partial charge in [-0.3, -0.25) is 9.59 Å². The van der Waals surface area contributed by atoms with Gasteiger partial charge in [0.15, 0.2) is 6.17 Å². The lowest BCUT2D eigenvalue weighted by atomic mass is 10.0. The van der Waals surface area contributed by atoms with Crippen LogP contribution in [0.3, 0.4) is 0 Å². The van der Waals surface area contributed by atoms with Crippen molar-refractivity contribution >= 4 is 43.3 Å². The molecule has 0 bridgehead atoms. The molecule has 14 heteroatoms. The predicted octanol–water partition coefficient (Wildman–Crippen LogP) is 1.59. The Morgan fingerprint density at radius 3 is 2.35 bits per heavy atom. The van der Waals surface area contributed by atoms with E-state index in [1.807, 2.05) is 0 Å². The lowest BCUT2D eigenvalue weighted by Gasteiger charge is -2.29. The van der Waals surface area contributed by atoms with Crippen LogP contribution in [0.25, 0.3) is 0 Å². The number of rotatable bonds is 10. The van der Waals surface area contributed by atoms with E-state index in [9.17, 15) is 35.9 Å². The molecule has 2 aromatic rings. The maximum atomic E-state index is 13.4. The summed E-state index contributed by atoms with van der Waals surface area (Å²) in [6.07, 6.45) is -2.06. The Labute approximate surface area is 201 Å². The smallest absolute Gasteiger partial charge is 0.305 e. The third-order valence-corrected chi connectivity index (χ3v) is 10.4. The second kappa shape index (κ2) is 10.5. The van der Waals surface area contributed by atoms with Gasteiger partial charge in [0.05, 0.1) is 18.2 Å². The molecular weight excluding hydrogens is 509 g/mol. The van der Waals surface area contributed by atoms with Crippen LogP contribution in [0.2, 0.25) is 0 Å². The van der Waals surface area contributed by atoms with Crippen LogP contribution < -0.4 is 5.32 Å². The molecule has 2 unspecified atom stereocenters. The van der Waals surface area contributed by atoms with Gasteiger partial charge in [-0.25, -0.2) is 21.2 Å². The van der Waals surface area contributed by atoms with Crippen LogP contribution in [0.5, 0.6) is 0 Å². The molecule has 2 heterocycles. The van der Waals surface area contributed by atoms with Crippen LogP contribution >= 0.6 is 11.3 Å². The molecule has 0 radical (unpaired) electrons. The topological polar surface area (TPSA) is 141 Å². The largest absolute Gasteiger partial charge is 0.481 e. The molecule has 10 nitrogen and oxygen atoms in total. The van der Waals surface area contributed by atoms with E-state index in [0.29, 0.717) is 0 Å². The molecule has 0 saturated carbocycles. The van der Waals surface area contributed by atoms with Gasteiger partial charge < -0.3 is 10.4 Å². The molecule has 1 saturated heterocycles. The van der Waals surface area contributed by atoms with E-state index in [0.717, 1.165) is 32.1 Å². The number of nitrogens with one attached hydrogen (secondary N) is 1. The van der Waals surface area contributed by atoms with E-state index in [2.05, 4.69) is 5.32 Å². The Balaban J connectivity index is 2.00. The van der Waals surface area contributed by atoms with Gasteiger partial charge in [0.1, 0.15) is 10.0 Å². The third-order valence-electron chi connectivity index (χ3n) is 5.17. The molecule has 2 N–H and O–H groups in total. The minimum atomic E-state index is -4.21. The summed E-state index contributed by atoms with van der Waals surface area (Å²) in [6, 6.07) is 6.51. The van der Waals surface area contributed by atoms with Gasteiger partial charge in [-0.05, 0) is 35.6 Å². The lowest BCUT2D eigenvalue weighted by molar-refractivity contribution is -0.138. The van der Waals surface area contributed by atoms with Crippen molar-refractivity contribution in [3.05, 3.63) is 53.2 Å². The van der Waals surface area contributed by atoms with Crippen molar-refractivity contribution in [2.75, 3.05) is 18.8 Å². The lowest BCUT2D eigenvalue weighted by Crippen LogP contribution is -2.54. The molecule has 1 aromatic carbocycles. The fraction of sp³-hybridized carbons (Fsp3) is 0.400. The number of carboxylic acids is 1.